The third-order valence-electron chi connectivity index (χ3n) is 2.75. The Kier molecular flexibility index (Phi) is 3.99. The largest absolute Gasteiger partial charge is 0.478 e. The van der Waals surface area contributed by atoms with E-state index in [-0.39, 0.29) is 10.6 Å². The molecule has 0 bridgehead atoms. The zero-order valence-electron chi connectivity index (χ0n) is 10.6. The van der Waals surface area contributed by atoms with E-state index in [9.17, 15) is 14.9 Å². The second-order valence-electron chi connectivity index (χ2n) is 4.19. The molecule has 20 heavy (non-hydrogen) atoms. The van der Waals surface area contributed by atoms with Crippen LogP contribution in [0.1, 0.15) is 20.8 Å². The number of nitrogens with zero attached hydrogens (tertiary/aromatic N) is 1. The molecule has 2 N–H and O–H groups in total. The number of nitrogens with one attached hydrogen (secondary N) is 1. The first-order valence-electron chi connectivity index (χ1n) is 5.78. The quantitative estimate of drug-likeness (QED) is 0.651. The van der Waals surface area contributed by atoms with Crippen LogP contribution >= 0.6 is 11.3 Å². The van der Waals surface area contributed by atoms with Gasteiger partial charge in [0, 0.05) is 23.2 Å². The summed E-state index contributed by atoms with van der Waals surface area (Å²) in [4.78, 5) is 21.8. The first-order chi connectivity index (χ1) is 9.47. The fraction of sp³-hybridized carbons (Fsp3) is 0.154. The van der Waals surface area contributed by atoms with E-state index in [2.05, 4.69) is 5.32 Å². The standard InChI is InChI=1S/C13H12N2O4S/c1-8-6-9(13(16)17)2-4-11(8)14-7-10-3-5-12(20-10)15(18)19/h2-6,14H,7H2,1H3,(H,16,17). The molecule has 0 fully saturated rings. The lowest BCUT2D eigenvalue weighted by atomic mass is 10.1. The molecule has 1 aromatic carbocycles. The van der Waals surface area contributed by atoms with Gasteiger partial charge in [-0.2, -0.15) is 0 Å². The number of rotatable bonds is 5. The van der Waals surface area contributed by atoms with E-state index in [0.717, 1.165) is 27.5 Å². The first kappa shape index (κ1) is 14.0. The Morgan fingerprint density at radius 3 is 2.70 bits per heavy atom. The highest BCUT2D eigenvalue weighted by Crippen LogP contribution is 2.25. The summed E-state index contributed by atoms with van der Waals surface area (Å²) in [5.41, 5.74) is 1.86. The van der Waals surface area contributed by atoms with E-state index in [1.807, 2.05) is 6.92 Å². The van der Waals surface area contributed by atoms with Gasteiger partial charge in [-0.25, -0.2) is 4.79 Å². The lowest BCUT2D eigenvalue weighted by molar-refractivity contribution is -0.380. The number of carboxylic acid groups (broad SMARTS) is 1. The van der Waals surface area contributed by atoms with Crippen molar-refractivity contribution in [2.75, 3.05) is 5.32 Å². The molecule has 2 rings (SSSR count). The number of carboxylic acids is 1. The summed E-state index contributed by atoms with van der Waals surface area (Å²) in [6.07, 6.45) is 0. The van der Waals surface area contributed by atoms with Gasteiger partial charge in [0.05, 0.1) is 10.5 Å². The van der Waals surface area contributed by atoms with Crippen molar-refractivity contribution < 1.29 is 14.8 Å². The van der Waals surface area contributed by atoms with E-state index in [4.69, 9.17) is 5.11 Å². The van der Waals surface area contributed by atoms with Crippen LogP contribution in [0.2, 0.25) is 0 Å². The van der Waals surface area contributed by atoms with Gasteiger partial charge in [-0.1, -0.05) is 11.3 Å². The highest BCUT2D eigenvalue weighted by atomic mass is 32.1. The van der Waals surface area contributed by atoms with Crippen LogP contribution in [-0.2, 0) is 6.54 Å². The van der Waals surface area contributed by atoms with Crippen LogP contribution in [0.25, 0.3) is 0 Å². The maximum Gasteiger partial charge on any atom is 0.335 e. The summed E-state index contributed by atoms with van der Waals surface area (Å²) in [5, 5.41) is 22.7. The second kappa shape index (κ2) is 5.70. The topological polar surface area (TPSA) is 92.5 Å². The Labute approximate surface area is 118 Å². The van der Waals surface area contributed by atoms with Gasteiger partial charge in [0.2, 0.25) is 0 Å². The summed E-state index contributed by atoms with van der Waals surface area (Å²) in [6.45, 7) is 2.28. The van der Waals surface area contributed by atoms with Crippen molar-refractivity contribution in [2.45, 2.75) is 13.5 Å². The van der Waals surface area contributed by atoms with Crippen LogP contribution < -0.4 is 5.32 Å². The van der Waals surface area contributed by atoms with Gasteiger partial charge < -0.3 is 10.4 Å². The molecule has 6 nitrogen and oxygen atoms in total. The fourth-order valence-corrected chi connectivity index (χ4v) is 2.50. The minimum Gasteiger partial charge on any atom is -0.478 e. The zero-order valence-corrected chi connectivity index (χ0v) is 11.4. The van der Waals surface area contributed by atoms with Crippen LogP contribution in [0.15, 0.2) is 30.3 Å². The Hall–Kier alpha value is -2.41. The molecule has 0 amide bonds. The van der Waals surface area contributed by atoms with Crippen LogP contribution in [0, 0.1) is 17.0 Å². The molecule has 2 aromatic rings. The minimum absolute atomic E-state index is 0.111. The molecule has 0 saturated carbocycles. The average molecular weight is 292 g/mol. The molecule has 0 radical (unpaired) electrons. The summed E-state index contributed by atoms with van der Waals surface area (Å²) in [6, 6.07) is 7.98. The van der Waals surface area contributed by atoms with Crippen molar-refractivity contribution in [3.8, 4) is 0 Å². The number of hydrogen-bond acceptors (Lipinski definition) is 5. The summed E-state index contributed by atoms with van der Waals surface area (Å²) < 4.78 is 0. The fourth-order valence-electron chi connectivity index (χ4n) is 1.74. The van der Waals surface area contributed by atoms with E-state index < -0.39 is 10.9 Å². The number of hydrogen-bond donors (Lipinski definition) is 2. The molecule has 0 aliphatic heterocycles. The number of aromatic carboxylic acids is 1. The highest BCUT2D eigenvalue weighted by Gasteiger charge is 2.10. The SMILES string of the molecule is Cc1cc(C(=O)O)ccc1NCc1ccc([N+](=O)[O-])s1. The molecule has 104 valence electrons. The summed E-state index contributed by atoms with van der Waals surface area (Å²) >= 11 is 1.12. The maximum atomic E-state index is 10.8. The van der Waals surface area contributed by atoms with E-state index in [1.54, 1.807) is 18.2 Å². The highest BCUT2D eigenvalue weighted by molar-refractivity contribution is 7.15. The minimum atomic E-state index is -0.964. The molecule has 0 saturated heterocycles. The molecular formula is C13H12N2O4S. The van der Waals surface area contributed by atoms with Gasteiger partial charge in [0.1, 0.15) is 0 Å². The molecule has 0 aliphatic rings. The van der Waals surface area contributed by atoms with Crippen molar-refractivity contribution in [2.24, 2.45) is 0 Å². The number of benzene rings is 1. The maximum absolute atomic E-state index is 10.8. The van der Waals surface area contributed by atoms with Crippen LogP contribution in [0.3, 0.4) is 0 Å². The number of aryl methyl sites for hydroxylation is 1. The van der Waals surface area contributed by atoms with E-state index in [0.29, 0.717) is 6.54 Å². The van der Waals surface area contributed by atoms with Gasteiger partial charge in [-0.3, -0.25) is 10.1 Å². The van der Waals surface area contributed by atoms with Crippen LogP contribution in [0.5, 0.6) is 0 Å². The molecule has 7 heteroatoms. The van der Waals surface area contributed by atoms with Crippen molar-refractivity contribution in [3.05, 3.63) is 56.5 Å². The van der Waals surface area contributed by atoms with Gasteiger partial charge in [0.15, 0.2) is 0 Å². The molecule has 1 heterocycles. The second-order valence-corrected chi connectivity index (χ2v) is 5.33. The molecule has 0 unspecified atom stereocenters. The third-order valence-corrected chi connectivity index (χ3v) is 3.79. The van der Waals surface area contributed by atoms with Crippen molar-refractivity contribution in [3.63, 3.8) is 0 Å². The summed E-state index contributed by atoms with van der Waals surface area (Å²) in [5.74, 6) is -0.964. The lowest BCUT2D eigenvalue weighted by Gasteiger charge is -2.09. The molecule has 1 aromatic heterocycles. The molecule has 0 aliphatic carbocycles. The van der Waals surface area contributed by atoms with E-state index in [1.165, 1.54) is 12.1 Å². The first-order valence-corrected chi connectivity index (χ1v) is 6.60. The number of thiophene rings is 1. The van der Waals surface area contributed by atoms with Gasteiger partial charge in [0.25, 0.3) is 0 Å². The lowest BCUT2D eigenvalue weighted by Crippen LogP contribution is -2.02. The predicted molar refractivity (Wildman–Crippen MR) is 76.4 cm³/mol. The number of nitro groups is 1. The van der Waals surface area contributed by atoms with Crippen LogP contribution in [-0.4, -0.2) is 16.0 Å². The Morgan fingerprint density at radius 1 is 1.40 bits per heavy atom. The van der Waals surface area contributed by atoms with Gasteiger partial charge in [-0.05, 0) is 36.8 Å². The molecular weight excluding hydrogens is 280 g/mol. The van der Waals surface area contributed by atoms with Crippen molar-refractivity contribution in [1.29, 1.82) is 0 Å². The van der Waals surface area contributed by atoms with Crippen molar-refractivity contribution >= 4 is 28.0 Å². The van der Waals surface area contributed by atoms with E-state index >= 15 is 0 Å². The predicted octanol–water partition coefficient (Wildman–Crippen LogP) is 3.28. The molecule has 0 spiro atoms. The Morgan fingerprint density at radius 2 is 2.15 bits per heavy atom. The Balaban J connectivity index is 2.06. The number of carbonyl (C=O) groups is 1. The Bertz CT molecular complexity index is 666. The number of anilines is 1. The average Bonchev–Trinajstić information content (AvgIpc) is 2.86. The normalized spacial score (nSPS) is 10.2. The van der Waals surface area contributed by atoms with Gasteiger partial charge >= 0.3 is 11.0 Å². The van der Waals surface area contributed by atoms with Crippen LogP contribution in [0.4, 0.5) is 10.7 Å². The van der Waals surface area contributed by atoms with Crippen molar-refractivity contribution in [1.82, 2.24) is 0 Å². The third kappa shape index (κ3) is 3.12. The monoisotopic (exact) mass is 292 g/mol. The zero-order chi connectivity index (χ0) is 14.7. The molecule has 0 atom stereocenters. The van der Waals surface area contributed by atoms with Gasteiger partial charge in [-0.15, -0.1) is 0 Å². The smallest absolute Gasteiger partial charge is 0.335 e. The summed E-state index contributed by atoms with van der Waals surface area (Å²) in [7, 11) is 0.